The summed E-state index contributed by atoms with van der Waals surface area (Å²) in [7, 11) is 0. The van der Waals surface area contributed by atoms with Crippen LogP contribution in [0.2, 0.25) is 0 Å². The van der Waals surface area contributed by atoms with E-state index in [4.69, 9.17) is 0 Å². The lowest BCUT2D eigenvalue weighted by Gasteiger charge is -2.08. The Balaban J connectivity index is 1.78. The van der Waals surface area contributed by atoms with Crippen LogP contribution in [-0.2, 0) is 6.54 Å². The van der Waals surface area contributed by atoms with E-state index < -0.39 is 0 Å². The van der Waals surface area contributed by atoms with E-state index in [1.165, 1.54) is 16.7 Å². The largest absolute Gasteiger partial charge is 0.294 e. The molecular formula is C21H20N4O. The van der Waals surface area contributed by atoms with Crippen molar-refractivity contribution in [1.29, 1.82) is 0 Å². The van der Waals surface area contributed by atoms with Gasteiger partial charge in [0.1, 0.15) is 11.7 Å². The lowest BCUT2D eigenvalue weighted by atomic mass is 10.1. The second-order valence-corrected chi connectivity index (χ2v) is 6.73. The second kappa shape index (κ2) is 6.26. The van der Waals surface area contributed by atoms with Gasteiger partial charge in [-0.15, -0.1) is 0 Å². The van der Waals surface area contributed by atoms with Gasteiger partial charge in [0.15, 0.2) is 5.65 Å². The average Bonchev–Trinajstić information content (AvgIpc) is 3.05. The number of benzene rings is 2. The van der Waals surface area contributed by atoms with E-state index in [0.717, 1.165) is 11.3 Å². The maximum absolute atomic E-state index is 12.9. The van der Waals surface area contributed by atoms with Gasteiger partial charge in [0.2, 0.25) is 0 Å². The predicted molar refractivity (Wildman–Crippen MR) is 103 cm³/mol. The molecular weight excluding hydrogens is 324 g/mol. The molecule has 0 saturated heterocycles. The van der Waals surface area contributed by atoms with Crippen molar-refractivity contribution in [2.45, 2.75) is 27.3 Å². The summed E-state index contributed by atoms with van der Waals surface area (Å²) >= 11 is 0. The summed E-state index contributed by atoms with van der Waals surface area (Å²) in [5.74, 6) is 0. The van der Waals surface area contributed by atoms with Crippen LogP contribution in [0.15, 0.2) is 59.8 Å². The van der Waals surface area contributed by atoms with Crippen LogP contribution < -0.4 is 5.56 Å². The zero-order chi connectivity index (χ0) is 18.3. The van der Waals surface area contributed by atoms with Crippen molar-refractivity contribution in [1.82, 2.24) is 19.3 Å². The van der Waals surface area contributed by atoms with Gasteiger partial charge in [0.25, 0.3) is 5.56 Å². The Morgan fingerprint density at radius 1 is 1.00 bits per heavy atom. The van der Waals surface area contributed by atoms with Crippen molar-refractivity contribution in [3.05, 3.63) is 87.6 Å². The maximum Gasteiger partial charge on any atom is 0.264 e. The summed E-state index contributed by atoms with van der Waals surface area (Å²) in [6.07, 6.45) is 3.21. The standard InChI is InChI=1S/C21H20N4O/c1-14-5-4-6-17(9-14)12-24-13-22-20-19(21(24)26)11-23-25(20)18-8-7-15(2)16(3)10-18/h4-11,13H,12H2,1-3H3. The Kier molecular flexibility index (Phi) is 3.92. The third-order valence-electron chi connectivity index (χ3n) is 4.72. The molecule has 2 aromatic carbocycles. The molecule has 0 aliphatic carbocycles. The highest BCUT2D eigenvalue weighted by atomic mass is 16.1. The topological polar surface area (TPSA) is 52.7 Å². The third-order valence-corrected chi connectivity index (χ3v) is 4.72. The summed E-state index contributed by atoms with van der Waals surface area (Å²) in [6, 6.07) is 14.2. The van der Waals surface area contributed by atoms with Crippen LogP contribution in [0.1, 0.15) is 22.3 Å². The van der Waals surface area contributed by atoms with E-state index in [-0.39, 0.29) is 5.56 Å². The minimum atomic E-state index is -0.0772. The molecule has 2 heterocycles. The van der Waals surface area contributed by atoms with Crippen molar-refractivity contribution in [3.63, 3.8) is 0 Å². The van der Waals surface area contributed by atoms with Crippen LogP contribution in [0.3, 0.4) is 0 Å². The number of aromatic nitrogens is 4. The van der Waals surface area contributed by atoms with Crippen LogP contribution in [-0.4, -0.2) is 19.3 Å². The molecule has 0 unspecified atom stereocenters. The number of hydrogen-bond acceptors (Lipinski definition) is 3. The summed E-state index contributed by atoms with van der Waals surface area (Å²) < 4.78 is 3.35. The first-order valence-electron chi connectivity index (χ1n) is 8.59. The molecule has 0 aliphatic heterocycles. The van der Waals surface area contributed by atoms with Crippen LogP contribution in [0.5, 0.6) is 0 Å². The monoisotopic (exact) mass is 344 g/mol. The number of hydrogen-bond donors (Lipinski definition) is 0. The van der Waals surface area contributed by atoms with Crippen molar-refractivity contribution < 1.29 is 0 Å². The highest BCUT2D eigenvalue weighted by molar-refractivity contribution is 5.75. The summed E-state index contributed by atoms with van der Waals surface area (Å²) in [5.41, 5.74) is 6.07. The van der Waals surface area contributed by atoms with Gasteiger partial charge in [-0.1, -0.05) is 35.9 Å². The highest BCUT2D eigenvalue weighted by Gasteiger charge is 2.12. The molecule has 0 N–H and O–H groups in total. The van der Waals surface area contributed by atoms with Gasteiger partial charge in [0, 0.05) is 0 Å². The first kappa shape index (κ1) is 16.3. The Labute approximate surface area is 151 Å². The van der Waals surface area contributed by atoms with E-state index in [1.54, 1.807) is 21.8 Å². The quantitative estimate of drug-likeness (QED) is 0.571. The van der Waals surface area contributed by atoms with Gasteiger partial charge in [-0.25, -0.2) is 9.67 Å². The second-order valence-electron chi connectivity index (χ2n) is 6.73. The van der Waals surface area contributed by atoms with Gasteiger partial charge in [-0.2, -0.15) is 5.10 Å². The van der Waals surface area contributed by atoms with Gasteiger partial charge in [-0.3, -0.25) is 9.36 Å². The van der Waals surface area contributed by atoms with E-state index in [1.807, 2.05) is 31.2 Å². The van der Waals surface area contributed by atoms with Gasteiger partial charge >= 0.3 is 0 Å². The molecule has 0 spiro atoms. The van der Waals surface area contributed by atoms with E-state index >= 15 is 0 Å². The average molecular weight is 344 g/mol. The molecule has 0 amide bonds. The molecule has 130 valence electrons. The molecule has 0 radical (unpaired) electrons. The molecule has 4 rings (SSSR count). The molecule has 2 aromatic heterocycles. The van der Waals surface area contributed by atoms with Gasteiger partial charge in [-0.05, 0) is 49.6 Å². The molecule has 0 saturated carbocycles. The highest BCUT2D eigenvalue weighted by Crippen LogP contribution is 2.17. The van der Waals surface area contributed by atoms with Gasteiger partial charge < -0.3 is 0 Å². The van der Waals surface area contributed by atoms with Gasteiger partial charge in [0.05, 0.1) is 18.4 Å². The summed E-state index contributed by atoms with van der Waals surface area (Å²) in [6.45, 7) is 6.68. The fourth-order valence-corrected chi connectivity index (χ4v) is 3.11. The molecule has 0 bridgehead atoms. The van der Waals surface area contributed by atoms with Crippen molar-refractivity contribution >= 4 is 11.0 Å². The van der Waals surface area contributed by atoms with Crippen LogP contribution in [0.4, 0.5) is 0 Å². The smallest absolute Gasteiger partial charge is 0.264 e. The molecule has 0 fully saturated rings. The first-order valence-corrected chi connectivity index (χ1v) is 8.59. The number of aryl methyl sites for hydroxylation is 3. The zero-order valence-electron chi connectivity index (χ0n) is 15.1. The van der Waals surface area contributed by atoms with Crippen molar-refractivity contribution in [2.24, 2.45) is 0 Å². The first-order chi connectivity index (χ1) is 12.5. The minimum absolute atomic E-state index is 0.0772. The minimum Gasteiger partial charge on any atom is -0.294 e. The molecule has 4 aromatic rings. The lowest BCUT2D eigenvalue weighted by molar-refractivity contribution is 0.745. The SMILES string of the molecule is Cc1cccc(Cn2cnc3c(cnn3-c3ccc(C)c(C)c3)c2=O)c1. The Morgan fingerprint density at radius 2 is 1.85 bits per heavy atom. The summed E-state index contributed by atoms with van der Waals surface area (Å²) in [4.78, 5) is 17.4. The molecule has 0 aliphatic rings. The van der Waals surface area contributed by atoms with Crippen molar-refractivity contribution in [2.75, 3.05) is 0 Å². The fraction of sp³-hybridized carbons (Fsp3) is 0.190. The third kappa shape index (κ3) is 2.81. The van der Waals surface area contributed by atoms with E-state index in [0.29, 0.717) is 17.6 Å². The molecule has 5 nitrogen and oxygen atoms in total. The van der Waals surface area contributed by atoms with Crippen molar-refractivity contribution in [3.8, 4) is 5.69 Å². The predicted octanol–water partition coefficient (Wildman–Crippen LogP) is 3.56. The number of fused-ring (bicyclic) bond motifs is 1. The number of nitrogens with zero attached hydrogens (tertiary/aromatic N) is 4. The van der Waals surface area contributed by atoms with Crippen LogP contribution in [0.25, 0.3) is 16.7 Å². The fourth-order valence-electron chi connectivity index (χ4n) is 3.11. The normalized spacial score (nSPS) is 11.2. The van der Waals surface area contributed by atoms with Crippen LogP contribution >= 0.6 is 0 Å². The zero-order valence-corrected chi connectivity index (χ0v) is 15.1. The number of rotatable bonds is 3. The lowest BCUT2D eigenvalue weighted by Crippen LogP contribution is -2.21. The molecule has 5 heteroatoms. The van der Waals surface area contributed by atoms with Crippen LogP contribution in [0, 0.1) is 20.8 Å². The molecule has 0 atom stereocenters. The van der Waals surface area contributed by atoms with E-state index in [9.17, 15) is 4.79 Å². The Bertz CT molecular complexity index is 1170. The maximum atomic E-state index is 12.9. The molecule has 26 heavy (non-hydrogen) atoms. The Hall–Kier alpha value is -3.21. The Morgan fingerprint density at radius 3 is 2.62 bits per heavy atom. The summed E-state index contributed by atoms with van der Waals surface area (Å²) in [5, 5.41) is 4.93. The van der Waals surface area contributed by atoms with E-state index in [2.05, 4.69) is 42.1 Å².